The van der Waals surface area contributed by atoms with Crippen LogP contribution in [0.25, 0.3) is 0 Å². The molecule has 2 aliphatic heterocycles. The molecule has 316 valence electrons. The molecular weight excluding hydrogens is 767 g/mol. The molecule has 7 atom stereocenters. The summed E-state index contributed by atoms with van der Waals surface area (Å²) in [5, 5.41) is 24.6. The average molecular weight is 825 g/mol. The van der Waals surface area contributed by atoms with E-state index in [0.29, 0.717) is 55.3 Å². The Morgan fingerprint density at radius 2 is 1.81 bits per heavy atom. The quantitative estimate of drug-likeness (QED) is 0.0552. The SMILES string of the molecule is C=CCOc1ccc2c(c1)[C@H]1[C@H](CCCCO)[C@@H](CCCCO)C=C3C(=NOC4CCCCO4)C[C@H](N(Cc4ccc(F)cc4)C(=O)OCCCl)[C@@](OCC=C)(O2)[C@H]31. The molecule has 1 amide bonds. The van der Waals surface area contributed by atoms with Crippen LogP contribution in [0.4, 0.5) is 9.18 Å². The monoisotopic (exact) mass is 824 g/mol. The summed E-state index contributed by atoms with van der Waals surface area (Å²) >= 11 is 6.05. The number of carbonyl (C=O) groups excluding carboxylic acids is 1. The molecule has 11 nitrogen and oxygen atoms in total. The van der Waals surface area contributed by atoms with Gasteiger partial charge in [0.05, 0.1) is 30.7 Å². The summed E-state index contributed by atoms with van der Waals surface area (Å²) in [5.74, 6) is -1.27. The van der Waals surface area contributed by atoms with Crippen LogP contribution in [0.2, 0.25) is 0 Å². The lowest BCUT2D eigenvalue weighted by atomic mass is 9.55. The van der Waals surface area contributed by atoms with Crippen molar-refractivity contribution < 1.29 is 47.9 Å². The van der Waals surface area contributed by atoms with E-state index in [1.54, 1.807) is 29.2 Å². The molecule has 0 radical (unpaired) electrons. The Labute approximate surface area is 346 Å². The maximum atomic E-state index is 14.4. The number of nitrogens with zero attached hydrogens (tertiary/aromatic N) is 2. The van der Waals surface area contributed by atoms with Gasteiger partial charge in [0.15, 0.2) is 0 Å². The van der Waals surface area contributed by atoms with Crippen LogP contribution in [-0.2, 0) is 25.6 Å². The molecule has 2 N–H and O–H groups in total. The molecule has 1 unspecified atom stereocenters. The van der Waals surface area contributed by atoms with Crippen molar-refractivity contribution in [1.82, 2.24) is 4.90 Å². The summed E-state index contributed by atoms with van der Waals surface area (Å²) < 4.78 is 46.3. The van der Waals surface area contributed by atoms with E-state index in [4.69, 9.17) is 45.3 Å². The summed E-state index contributed by atoms with van der Waals surface area (Å²) in [6.45, 7) is 8.99. The van der Waals surface area contributed by atoms with Crippen molar-refractivity contribution in [2.75, 3.05) is 45.5 Å². The Kier molecular flexibility index (Phi) is 16.1. The van der Waals surface area contributed by atoms with Gasteiger partial charge in [0.1, 0.15) is 36.6 Å². The number of unbranched alkanes of at least 4 members (excludes halogenated alkanes) is 2. The van der Waals surface area contributed by atoms with Gasteiger partial charge in [-0.15, -0.1) is 18.2 Å². The molecular formula is C45H58ClFN2O9. The minimum Gasteiger partial charge on any atom is -0.490 e. The fraction of sp³-hybridized carbons (Fsp3) is 0.556. The number of hydrogen-bond donors (Lipinski definition) is 2. The lowest BCUT2D eigenvalue weighted by molar-refractivity contribution is -0.256. The molecule has 58 heavy (non-hydrogen) atoms. The lowest BCUT2D eigenvalue weighted by Crippen LogP contribution is -2.70. The number of benzene rings is 2. The molecule has 2 aromatic carbocycles. The Morgan fingerprint density at radius 3 is 2.52 bits per heavy atom. The second-order valence-corrected chi connectivity index (χ2v) is 15.7. The number of allylic oxidation sites excluding steroid dienone is 1. The number of rotatable bonds is 21. The number of alkyl halides is 1. The van der Waals surface area contributed by atoms with Crippen LogP contribution < -0.4 is 9.47 Å². The van der Waals surface area contributed by atoms with Gasteiger partial charge in [0.2, 0.25) is 12.1 Å². The van der Waals surface area contributed by atoms with Gasteiger partial charge in [-0.1, -0.05) is 54.9 Å². The second kappa shape index (κ2) is 21.4. The molecule has 1 saturated heterocycles. The predicted molar refractivity (Wildman–Crippen MR) is 219 cm³/mol. The molecule has 2 aromatic rings. The first-order valence-electron chi connectivity index (χ1n) is 20.7. The molecule has 0 spiro atoms. The van der Waals surface area contributed by atoms with Gasteiger partial charge in [-0.3, -0.25) is 4.90 Å². The van der Waals surface area contributed by atoms with Crippen molar-refractivity contribution in [3.8, 4) is 11.5 Å². The molecule has 2 aliphatic carbocycles. The number of halogens is 2. The number of oxime groups is 1. The number of ether oxygens (including phenoxy) is 5. The minimum atomic E-state index is -1.51. The normalized spacial score (nSPS) is 26.7. The largest absolute Gasteiger partial charge is 0.490 e. The number of aliphatic hydroxyl groups is 2. The Balaban J connectivity index is 1.60. The molecule has 0 aromatic heterocycles. The van der Waals surface area contributed by atoms with E-state index in [2.05, 4.69) is 19.2 Å². The van der Waals surface area contributed by atoms with E-state index in [-0.39, 0.29) is 63.0 Å². The van der Waals surface area contributed by atoms with Gasteiger partial charge < -0.3 is 38.7 Å². The highest BCUT2D eigenvalue weighted by atomic mass is 35.5. The number of fused-ring (bicyclic) bond motifs is 2. The summed E-state index contributed by atoms with van der Waals surface area (Å²) in [7, 11) is 0. The molecule has 13 heteroatoms. The first kappa shape index (κ1) is 43.6. The van der Waals surface area contributed by atoms with Crippen LogP contribution in [0.3, 0.4) is 0 Å². The van der Waals surface area contributed by atoms with Crippen LogP contribution in [0.5, 0.6) is 11.5 Å². The molecule has 1 saturated carbocycles. The highest BCUT2D eigenvalue weighted by Gasteiger charge is 2.65. The van der Waals surface area contributed by atoms with E-state index < -0.39 is 35.9 Å². The maximum absolute atomic E-state index is 14.4. The van der Waals surface area contributed by atoms with E-state index in [9.17, 15) is 19.4 Å². The van der Waals surface area contributed by atoms with E-state index in [1.165, 1.54) is 12.1 Å². The zero-order valence-corrected chi connectivity index (χ0v) is 34.0. The van der Waals surface area contributed by atoms with Crippen LogP contribution in [-0.4, -0.2) is 90.6 Å². The van der Waals surface area contributed by atoms with E-state index in [0.717, 1.165) is 49.7 Å². The molecule has 4 aliphatic rings. The Bertz CT molecular complexity index is 1730. The zero-order valence-electron chi connectivity index (χ0n) is 33.3. The van der Waals surface area contributed by atoms with Crippen molar-refractivity contribution in [2.24, 2.45) is 22.9 Å². The van der Waals surface area contributed by atoms with Crippen LogP contribution in [0, 0.1) is 23.6 Å². The van der Waals surface area contributed by atoms with Gasteiger partial charge in [-0.25, -0.2) is 9.18 Å². The van der Waals surface area contributed by atoms with Crippen LogP contribution >= 0.6 is 11.6 Å². The van der Waals surface area contributed by atoms with Gasteiger partial charge in [-0.2, -0.15) is 0 Å². The summed E-state index contributed by atoms with van der Waals surface area (Å²) in [5.41, 5.74) is 3.13. The van der Waals surface area contributed by atoms with Crippen LogP contribution in [0.15, 0.2) is 84.6 Å². The third-order valence-corrected chi connectivity index (χ3v) is 11.8. The summed E-state index contributed by atoms with van der Waals surface area (Å²) in [6, 6.07) is 10.9. The van der Waals surface area contributed by atoms with E-state index >= 15 is 0 Å². The fourth-order valence-electron chi connectivity index (χ4n) is 9.11. The smallest absolute Gasteiger partial charge is 0.410 e. The number of amides is 1. The molecule has 2 heterocycles. The predicted octanol–water partition coefficient (Wildman–Crippen LogP) is 8.43. The highest BCUT2D eigenvalue weighted by Crippen LogP contribution is 2.62. The lowest BCUT2D eigenvalue weighted by Gasteiger charge is -2.59. The fourth-order valence-corrected chi connectivity index (χ4v) is 9.18. The third-order valence-electron chi connectivity index (χ3n) is 11.6. The Morgan fingerprint density at radius 1 is 1.03 bits per heavy atom. The molecule has 6 rings (SSSR count). The molecule has 2 fully saturated rings. The Hall–Kier alpha value is -3.94. The topological polar surface area (TPSA) is 129 Å². The van der Waals surface area contributed by atoms with Crippen molar-refractivity contribution in [2.45, 2.75) is 94.8 Å². The summed E-state index contributed by atoms with van der Waals surface area (Å²) in [4.78, 5) is 22.2. The van der Waals surface area contributed by atoms with Crippen molar-refractivity contribution in [1.29, 1.82) is 0 Å². The molecule has 0 bridgehead atoms. The number of hydrogen-bond acceptors (Lipinski definition) is 10. The number of aliphatic hydroxyl groups excluding tert-OH is 2. The summed E-state index contributed by atoms with van der Waals surface area (Å²) in [6.07, 6.45) is 11.7. The van der Waals surface area contributed by atoms with Crippen molar-refractivity contribution in [3.05, 3.63) is 96.4 Å². The third kappa shape index (κ3) is 10.1. The zero-order chi connectivity index (χ0) is 40.9. The van der Waals surface area contributed by atoms with Crippen LogP contribution in [0.1, 0.15) is 81.3 Å². The second-order valence-electron chi connectivity index (χ2n) is 15.3. The average Bonchev–Trinajstić information content (AvgIpc) is 3.24. The van der Waals surface area contributed by atoms with Crippen molar-refractivity contribution in [3.63, 3.8) is 0 Å². The standard InChI is InChI=1S/C45H58ClFN2O9/c1-3-23-53-34-18-19-39-37(28-34)42-35(12-6-9-22-51)32(11-5-8-21-50)27-36-38(48-58-41-13-7-10-25-54-41)29-40(45(57-39,43(36)42)56-24-4-2)49(44(52)55-26-20-46)30-31-14-16-33(47)17-15-31/h3-4,14-19,27-28,32,35,40-43,50-51H,1-2,5-13,20-26,29-30H2/t32-,35+,40-,41?,42+,43+,45+/m0/s1. The van der Waals surface area contributed by atoms with E-state index in [1.807, 2.05) is 18.2 Å². The first-order chi connectivity index (χ1) is 28.4. The van der Waals surface area contributed by atoms with Gasteiger partial charge >= 0.3 is 6.09 Å². The van der Waals surface area contributed by atoms with Gasteiger partial charge in [0.25, 0.3) is 0 Å². The maximum Gasteiger partial charge on any atom is 0.410 e. The highest BCUT2D eigenvalue weighted by molar-refractivity contribution is 6.18. The van der Waals surface area contributed by atoms with Gasteiger partial charge in [-0.05, 0) is 91.8 Å². The minimum absolute atomic E-state index is 0.0272. The van der Waals surface area contributed by atoms with Gasteiger partial charge in [0, 0.05) is 44.1 Å². The number of carbonyl (C=O) groups is 1. The van der Waals surface area contributed by atoms with Crippen molar-refractivity contribution >= 4 is 23.4 Å². The first-order valence-corrected chi connectivity index (χ1v) is 21.2.